The second-order valence-corrected chi connectivity index (χ2v) is 6.15. The van der Waals surface area contributed by atoms with Gasteiger partial charge in [0.1, 0.15) is 11.1 Å². The van der Waals surface area contributed by atoms with Crippen LogP contribution in [0, 0.1) is 11.3 Å². The highest BCUT2D eigenvalue weighted by molar-refractivity contribution is 7.19. The molecule has 0 saturated heterocycles. The van der Waals surface area contributed by atoms with Crippen LogP contribution in [0.2, 0.25) is 0 Å². The van der Waals surface area contributed by atoms with Gasteiger partial charge in [0.05, 0.1) is 37.1 Å². The van der Waals surface area contributed by atoms with Crippen molar-refractivity contribution in [2.75, 3.05) is 21.3 Å². The van der Waals surface area contributed by atoms with Crippen molar-refractivity contribution in [3.63, 3.8) is 0 Å². The summed E-state index contributed by atoms with van der Waals surface area (Å²) < 4.78 is 17.1. The maximum Gasteiger partial charge on any atom is 0.203 e. The lowest BCUT2D eigenvalue weighted by atomic mass is 10.1. The Hall–Kier alpha value is -3.04. The summed E-state index contributed by atoms with van der Waals surface area (Å²) in [6.45, 7) is 0. The molecule has 0 fully saturated rings. The van der Waals surface area contributed by atoms with Crippen LogP contribution in [-0.4, -0.2) is 26.3 Å². The Balaban J connectivity index is 2.09. The highest BCUT2D eigenvalue weighted by atomic mass is 32.1. The zero-order valence-corrected chi connectivity index (χ0v) is 14.9. The Labute approximate surface area is 149 Å². The fourth-order valence-electron chi connectivity index (χ4n) is 2.48. The number of methoxy groups -OCH3 is 3. The minimum absolute atomic E-state index is 0.482. The molecule has 0 N–H and O–H groups in total. The zero-order chi connectivity index (χ0) is 17.8. The van der Waals surface area contributed by atoms with Gasteiger partial charge in [0.15, 0.2) is 11.5 Å². The summed E-state index contributed by atoms with van der Waals surface area (Å²) in [4.78, 5) is 4.54. The first kappa shape index (κ1) is 16.8. The summed E-state index contributed by atoms with van der Waals surface area (Å²) in [6.07, 6.45) is 1.77. The number of nitrogens with zero attached hydrogens (tertiary/aromatic N) is 2. The summed E-state index contributed by atoms with van der Waals surface area (Å²) in [6, 6.07) is 13.6. The van der Waals surface area contributed by atoms with Crippen molar-refractivity contribution >= 4 is 33.2 Å². The molecule has 0 unspecified atom stereocenters. The molecule has 5 nitrogen and oxygen atoms in total. The number of thiazole rings is 1. The first-order valence-corrected chi connectivity index (χ1v) is 8.29. The largest absolute Gasteiger partial charge is 0.493 e. The van der Waals surface area contributed by atoms with Gasteiger partial charge in [-0.3, -0.25) is 0 Å². The summed E-state index contributed by atoms with van der Waals surface area (Å²) in [5.41, 5.74) is 2.13. The van der Waals surface area contributed by atoms with Gasteiger partial charge in [-0.15, -0.1) is 11.3 Å². The Morgan fingerprint density at radius 3 is 2.32 bits per heavy atom. The fourth-order valence-corrected chi connectivity index (χ4v) is 3.41. The number of benzene rings is 2. The number of nitriles is 1. The predicted molar refractivity (Wildman–Crippen MR) is 99.2 cm³/mol. The number of para-hydroxylation sites is 1. The molecule has 1 aromatic heterocycles. The number of allylic oxidation sites excluding steroid dienone is 1. The van der Waals surface area contributed by atoms with Crippen molar-refractivity contribution in [3.05, 3.63) is 47.0 Å². The van der Waals surface area contributed by atoms with E-state index in [0.29, 0.717) is 27.8 Å². The maximum atomic E-state index is 9.58. The Kier molecular flexibility index (Phi) is 4.87. The highest BCUT2D eigenvalue weighted by Gasteiger charge is 2.14. The van der Waals surface area contributed by atoms with E-state index in [1.807, 2.05) is 24.3 Å². The molecule has 0 amide bonds. The van der Waals surface area contributed by atoms with Crippen LogP contribution in [0.15, 0.2) is 36.4 Å². The molecule has 0 radical (unpaired) electrons. The molecule has 0 saturated carbocycles. The Morgan fingerprint density at radius 1 is 1.08 bits per heavy atom. The van der Waals surface area contributed by atoms with Crippen molar-refractivity contribution in [3.8, 4) is 23.3 Å². The van der Waals surface area contributed by atoms with Crippen LogP contribution in [0.3, 0.4) is 0 Å². The SMILES string of the molecule is COc1cc(C=C(C#N)c2nc3ccccc3s2)cc(OC)c1OC. The molecule has 0 bridgehead atoms. The van der Waals surface area contributed by atoms with Gasteiger partial charge in [-0.2, -0.15) is 5.26 Å². The van der Waals surface area contributed by atoms with E-state index in [1.54, 1.807) is 39.5 Å². The fraction of sp³-hybridized carbons (Fsp3) is 0.158. The van der Waals surface area contributed by atoms with E-state index in [4.69, 9.17) is 14.2 Å². The molecular formula is C19H16N2O3S. The molecule has 1 heterocycles. The van der Waals surface area contributed by atoms with Crippen LogP contribution in [0.4, 0.5) is 0 Å². The maximum absolute atomic E-state index is 9.58. The number of hydrogen-bond acceptors (Lipinski definition) is 6. The van der Waals surface area contributed by atoms with E-state index < -0.39 is 0 Å². The van der Waals surface area contributed by atoms with Gasteiger partial charge in [-0.05, 0) is 35.9 Å². The highest BCUT2D eigenvalue weighted by Crippen LogP contribution is 2.39. The van der Waals surface area contributed by atoms with E-state index in [-0.39, 0.29) is 0 Å². The topological polar surface area (TPSA) is 64.4 Å². The summed E-state index contributed by atoms with van der Waals surface area (Å²) >= 11 is 1.49. The van der Waals surface area contributed by atoms with Crippen LogP contribution in [0.5, 0.6) is 17.2 Å². The summed E-state index contributed by atoms with van der Waals surface area (Å²) in [5, 5.41) is 10.3. The quantitative estimate of drug-likeness (QED) is 0.637. The number of aromatic nitrogens is 1. The van der Waals surface area contributed by atoms with Gasteiger partial charge in [-0.1, -0.05) is 12.1 Å². The standard InChI is InChI=1S/C19H16N2O3S/c1-22-15-9-12(10-16(23-2)18(15)24-3)8-13(11-20)19-21-14-6-4-5-7-17(14)25-19/h4-10H,1-3H3. The molecule has 6 heteroatoms. The molecule has 3 aromatic rings. The number of ether oxygens (including phenoxy) is 3. The molecule has 0 atom stereocenters. The number of rotatable bonds is 5. The van der Waals surface area contributed by atoms with Crippen LogP contribution in [-0.2, 0) is 0 Å². The Morgan fingerprint density at radius 2 is 1.76 bits per heavy atom. The third kappa shape index (κ3) is 3.28. The molecular weight excluding hydrogens is 336 g/mol. The lowest BCUT2D eigenvalue weighted by molar-refractivity contribution is 0.324. The molecule has 25 heavy (non-hydrogen) atoms. The molecule has 0 aliphatic carbocycles. The lowest BCUT2D eigenvalue weighted by Crippen LogP contribution is -1.95. The molecule has 0 spiro atoms. The second-order valence-electron chi connectivity index (χ2n) is 5.12. The minimum atomic E-state index is 0.482. The molecule has 0 aliphatic heterocycles. The van der Waals surface area contributed by atoms with Crippen LogP contribution in [0.1, 0.15) is 10.6 Å². The van der Waals surface area contributed by atoms with Crippen molar-refractivity contribution in [2.24, 2.45) is 0 Å². The van der Waals surface area contributed by atoms with Crippen molar-refractivity contribution in [2.45, 2.75) is 0 Å². The molecule has 126 valence electrons. The third-order valence-corrected chi connectivity index (χ3v) is 4.71. The van der Waals surface area contributed by atoms with Crippen molar-refractivity contribution in [1.29, 1.82) is 5.26 Å². The van der Waals surface area contributed by atoms with Crippen LogP contribution < -0.4 is 14.2 Å². The smallest absolute Gasteiger partial charge is 0.203 e. The van der Waals surface area contributed by atoms with E-state index in [9.17, 15) is 5.26 Å². The van der Waals surface area contributed by atoms with E-state index in [2.05, 4.69) is 11.1 Å². The van der Waals surface area contributed by atoms with E-state index in [1.165, 1.54) is 11.3 Å². The van der Waals surface area contributed by atoms with Crippen LogP contribution in [0.25, 0.3) is 21.9 Å². The monoisotopic (exact) mass is 352 g/mol. The van der Waals surface area contributed by atoms with Gasteiger partial charge < -0.3 is 14.2 Å². The normalized spacial score (nSPS) is 11.2. The molecule has 2 aromatic carbocycles. The van der Waals surface area contributed by atoms with Gasteiger partial charge in [0.2, 0.25) is 5.75 Å². The van der Waals surface area contributed by atoms with Gasteiger partial charge in [0.25, 0.3) is 0 Å². The van der Waals surface area contributed by atoms with E-state index >= 15 is 0 Å². The average Bonchev–Trinajstić information content (AvgIpc) is 3.08. The summed E-state index contributed by atoms with van der Waals surface area (Å²) in [7, 11) is 4.67. The molecule has 3 rings (SSSR count). The second kappa shape index (κ2) is 7.24. The number of hydrogen-bond donors (Lipinski definition) is 0. The van der Waals surface area contributed by atoms with E-state index in [0.717, 1.165) is 15.8 Å². The Bertz CT molecular complexity index is 928. The molecule has 0 aliphatic rings. The van der Waals surface area contributed by atoms with Gasteiger partial charge in [0, 0.05) is 0 Å². The first-order valence-electron chi connectivity index (χ1n) is 7.48. The number of fused-ring (bicyclic) bond motifs is 1. The third-order valence-electron chi connectivity index (χ3n) is 3.64. The predicted octanol–water partition coefficient (Wildman–Crippen LogP) is 4.39. The first-order chi connectivity index (χ1) is 12.2. The van der Waals surface area contributed by atoms with Gasteiger partial charge >= 0.3 is 0 Å². The lowest BCUT2D eigenvalue weighted by Gasteiger charge is -2.12. The minimum Gasteiger partial charge on any atom is -0.493 e. The summed E-state index contributed by atoms with van der Waals surface area (Å²) in [5.74, 6) is 1.59. The van der Waals surface area contributed by atoms with Gasteiger partial charge in [-0.25, -0.2) is 4.98 Å². The average molecular weight is 352 g/mol. The van der Waals surface area contributed by atoms with Crippen molar-refractivity contribution in [1.82, 2.24) is 4.98 Å². The van der Waals surface area contributed by atoms with Crippen LogP contribution >= 0.6 is 11.3 Å². The van der Waals surface area contributed by atoms with Crippen molar-refractivity contribution < 1.29 is 14.2 Å². The zero-order valence-electron chi connectivity index (χ0n) is 14.1.